The molecule has 1 saturated carbocycles. The molecule has 94 valence electrons. The summed E-state index contributed by atoms with van der Waals surface area (Å²) in [6.45, 7) is 5.64. The Bertz CT molecular complexity index is 413. The minimum absolute atomic E-state index is 0.652. The maximum atomic E-state index is 6.28. The summed E-state index contributed by atoms with van der Waals surface area (Å²) >= 11 is 6.28. The molecule has 2 N–H and O–H groups in total. The van der Waals surface area contributed by atoms with Crippen molar-refractivity contribution in [2.45, 2.75) is 33.1 Å². The van der Waals surface area contributed by atoms with Gasteiger partial charge in [0.1, 0.15) is 5.75 Å². The molecule has 0 saturated heterocycles. The van der Waals surface area contributed by atoms with Gasteiger partial charge in [-0.2, -0.15) is 0 Å². The lowest BCUT2D eigenvalue weighted by atomic mass is 10.00. The fourth-order valence-electron chi connectivity index (χ4n) is 2.00. The smallest absolute Gasteiger partial charge is 0.141 e. The molecule has 1 aromatic rings. The minimum atomic E-state index is 0.652. The van der Waals surface area contributed by atoms with Gasteiger partial charge in [-0.1, -0.05) is 11.6 Å². The Kier molecular flexibility index (Phi) is 3.95. The van der Waals surface area contributed by atoms with E-state index in [1.165, 1.54) is 24.0 Å². The van der Waals surface area contributed by atoms with E-state index in [0.29, 0.717) is 6.54 Å². The Balaban J connectivity index is 2.21. The summed E-state index contributed by atoms with van der Waals surface area (Å²) in [6.07, 6.45) is 3.46. The van der Waals surface area contributed by atoms with Crippen molar-refractivity contribution in [1.29, 1.82) is 0 Å². The van der Waals surface area contributed by atoms with Crippen molar-refractivity contribution in [3.05, 3.63) is 27.8 Å². The third-order valence-electron chi connectivity index (χ3n) is 3.48. The Hall–Kier alpha value is -0.730. The first-order valence-electron chi connectivity index (χ1n) is 6.25. The van der Waals surface area contributed by atoms with Gasteiger partial charge in [0.2, 0.25) is 0 Å². The first kappa shape index (κ1) is 12.7. The van der Waals surface area contributed by atoms with Crippen molar-refractivity contribution in [2.24, 2.45) is 11.7 Å². The van der Waals surface area contributed by atoms with Crippen LogP contribution in [0.5, 0.6) is 5.75 Å². The van der Waals surface area contributed by atoms with Gasteiger partial charge >= 0.3 is 0 Å². The molecule has 0 bridgehead atoms. The summed E-state index contributed by atoms with van der Waals surface area (Å²) in [4.78, 5) is 0. The van der Waals surface area contributed by atoms with E-state index in [-0.39, 0.29) is 0 Å². The molecule has 0 heterocycles. The van der Waals surface area contributed by atoms with Gasteiger partial charge in [-0.25, -0.2) is 0 Å². The van der Waals surface area contributed by atoms with Crippen LogP contribution in [-0.4, -0.2) is 13.2 Å². The lowest BCUT2D eigenvalue weighted by molar-refractivity contribution is 0.297. The van der Waals surface area contributed by atoms with Crippen LogP contribution in [0.2, 0.25) is 5.02 Å². The minimum Gasteiger partial charge on any atom is -0.491 e. The SMILES string of the molecule is Cc1c(CCN)cc(Cl)c(OCC2CC2)c1C. The van der Waals surface area contributed by atoms with Crippen LogP contribution in [0.4, 0.5) is 0 Å². The number of ether oxygens (including phenoxy) is 1. The van der Waals surface area contributed by atoms with Gasteiger partial charge in [0.25, 0.3) is 0 Å². The molecule has 2 nitrogen and oxygen atoms in total. The Labute approximate surface area is 108 Å². The molecule has 1 fully saturated rings. The highest BCUT2D eigenvalue weighted by Crippen LogP contribution is 2.36. The maximum absolute atomic E-state index is 6.28. The van der Waals surface area contributed by atoms with Crippen molar-refractivity contribution in [2.75, 3.05) is 13.2 Å². The summed E-state index contributed by atoms with van der Waals surface area (Å²) in [5.41, 5.74) is 9.24. The van der Waals surface area contributed by atoms with Crippen molar-refractivity contribution in [1.82, 2.24) is 0 Å². The molecule has 2 rings (SSSR count). The van der Waals surface area contributed by atoms with E-state index in [9.17, 15) is 0 Å². The van der Waals surface area contributed by atoms with Gasteiger partial charge in [-0.3, -0.25) is 0 Å². The zero-order chi connectivity index (χ0) is 12.4. The van der Waals surface area contributed by atoms with E-state index in [1.807, 2.05) is 6.07 Å². The van der Waals surface area contributed by atoms with Crippen molar-refractivity contribution < 1.29 is 4.74 Å². The van der Waals surface area contributed by atoms with Crippen LogP contribution >= 0.6 is 11.6 Å². The predicted octanol–water partition coefficient (Wildman–Crippen LogP) is 3.25. The monoisotopic (exact) mass is 253 g/mol. The lowest BCUT2D eigenvalue weighted by Crippen LogP contribution is -2.07. The highest BCUT2D eigenvalue weighted by Gasteiger charge is 2.23. The van der Waals surface area contributed by atoms with Gasteiger partial charge in [0.15, 0.2) is 0 Å². The third kappa shape index (κ3) is 2.93. The number of rotatable bonds is 5. The zero-order valence-electron chi connectivity index (χ0n) is 10.6. The average molecular weight is 254 g/mol. The number of hydrogen-bond acceptors (Lipinski definition) is 2. The van der Waals surface area contributed by atoms with Gasteiger partial charge in [-0.15, -0.1) is 0 Å². The first-order valence-corrected chi connectivity index (χ1v) is 6.62. The summed E-state index contributed by atoms with van der Waals surface area (Å²) in [6, 6.07) is 2.00. The van der Waals surface area contributed by atoms with Crippen LogP contribution < -0.4 is 10.5 Å². The van der Waals surface area contributed by atoms with Crippen molar-refractivity contribution >= 4 is 11.6 Å². The second-order valence-corrected chi connectivity index (χ2v) is 5.30. The summed E-state index contributed by atoms with van der Waals surface area (Å²) in [5, 5.41) is 0.720. The fraction of sp³-hybridized carbons (Fsp3) is 0.571. The zero-order valence-corrected chi connectivity index (χ0v) is 11.3. The van der Waals surface area contributed by atoms with E-state index >= 15 is 0 Å². The largest absolute Gasteiger partial charge is 0.491 e. The molecule has 1 aliphatic carbocycles. The van der Waals surface area contributed by atoms with E-state index in [2.05, 4.69) is 13.8 Å². The van der Waals surface area contributed by atoms with E-state index in [4.69, 9.17) is 22.1 Å². The Morgan fingerprint density at radius 2 is 2.06 bits per heavy atom. The van der Waals surface area contributed by atoms with Gasteiger partial charge in [0, 0.05) is 0 Å². The molecule has 1 aromatic carbocycles. The molecule has 17 heavy (non-hydrogen) atoms. The fourth-order valence-corrected chi connectivity index (χ4v) is 2.32. The molecule has 0 aromatic heterocycles. The molecule has 0 unspecified atom stereocenters. The molecular weight excluding hydrogens is 234 g/mol. The first-order chi connectivity index (χ1) is 8.13. The van der Waals surface area contributed by atoms with Crippen molar-refractivity contribution in [3.8, 4) is 5.75 Å². The molecule has 0 spiro atoms. The second kappa shape index (κ2) is 5.28. The summed E-state index contributed by atoms with van der Waals surface area (Å²) in [7, 11) is 0. The highest BCUT2D eigenvalue weighted by molar-refractivity contribution is 6.32. The Morgan fingerprint density at radius 3 is 2.65 bits per heavy atom. The van der Waals surface area contributed by atoms with Crippen LogP contribution in [0, 0.1) is 19.8 Å². The highest BCUT2D eigenvalue weighted by atomic mass is 35.5. The van der Waals surface area contributed by atoms with Crippen LogP contribution in [0.25, 0.3) is 0 Å². The molecule has 0 radical (unpaired) electrons. The van der Waals surface area contributed by atoms with Crippen LogP contribution in [0.3, 0.4) is 0 Å². The quantitative estimate of drug-likeness (QED) is 0.874. The average Bonchev–Trinajstić information content (AvgIpc) is 3.10. The molecule has 0 atom stereocenters. The molecule has 3 heteroatoms. The van der Waals surface area contributed by atoms with Crippen molar-refractivity contribution in [3.63, 3.8) is 0 Å². The van der Waals surface area contributed by atoms with Crippen LogP contribution in [0.15, 0.2) is 6.07 Å². The number of halogens is 1. The second-order valence-electron chi connectivity index (χ2n) is 4.89. The van der Waals surface area contributed by atoms with E-state index < -0.39 is 0 Å². The number of benzene rings is 1. The number of nitrogens with two attached hydrogens (primary N) is 1. The lowest BCUT2D eigenvalue weighted by Gasteiger charge is -2.16. The van der Waals surface area contributed by atoms with Crippen LogP contribution in [0.1, 0.15) is 29.5 Å². The van der Waals surface area contributed by atoms with Gasteiger partial charge in [-0.05, 0) is 68.3 Å². The van der Waals surface area contributed by atoms with Gasteiger partial charge < -0.3 is 10.5 Å². The standard InChI is InChI=1S/C14H20ClNO/c1-9-10(2)14(17-8-11-3-4-11)13(15)7-12(9)5-6-16/h7,11H,3-6,8,16H2,1-2H3. The van der Waals surface area contributed by atoms with E-state index in [0.717, 1.165) is 35.3 Å². The molecule has 0 amide bonds. The maximum Gasteiger partial charge on any atom is 0.141 e. The topological polar surface area (TPSA) is 35.2 Å². The van der Waals surface area contributed by atoms with Gasteiger partial charge in [0.05, 0.1) is 11.6 Å². The number of hydrogen-bond donors (Lipinski definition) is 1. The molecular formula is C14H20ClNO. The normalized spacial score (nSPS) is 15.1. The summed E-state index contributed by atoms with van der Waals surface area (Å²) in [5.74, 6) is 1.60. The predicted molar refractivity (Wildman–Crippen MR) is 71.9 cm³/mol. The van der Waals surface area contributed by atoms with E-state index in [1.54, 1.807) is 0 Å². The molecule has 0 aliphatic heterocycles. The Morgan fingerprint density at radius 1 is 1.35 bits per heavy atom. The molecule has 1 aliphatic rings. The van der Waals surface area contributed by atoms with Crippen LogP contribution in [-0.2, 0) is 6.42 Å². The third-order valence-corrected chi connectivity index (χ3v) is 3.76. The summed E-state index contributed by atoms with van der Waals surface area (Å²) < 4.78 is 5.84.